The van der Waals surface area contributed by atoms with Crippen LogP contribution in [0.25, 0.3) is 25.9 Å². The predicted octanol–water partition coefficient (Wildman–Crippen LogP) is 7.17. The van der Waals surface area contributed by atoms with Gasteiger partial charge in [0.1, 0.15) is 0 Å². The zero-order valence-electron chi connectivity index (χ0n) is 17.0. The van der Waals surface area contributed by atoms with E-state index in [1.165, 1.54) is 15.9 Å². The van der Waals surface area contributed by atoms with Crippen LogP contribution < -0.4 is 5.56 Å². The van der Waals surface area contributed by atoms with E-state index >= 15 is 0 Å². The van der Waals surface area contributed by atoms with Gasteiger partial charge in [0.15, 0.2) is 0 Å². The van der Waals surface area contributed by atoms with Gasteiger partial charge in [-0.3, -0.25) is 4.79 Å². The van der Waals surface area contributed by atoms with Crippen molar-refractivity contribution >= 4 is 17.0 Å². The summed E-state index contributed by atoms with van der Waals surface area (Å²) in [5.41, 5.74) is -0.195. The SMILES string of the molecule is [C-]#[N+]c1c(C(F)(F)F)cc(-c2ccc(-c3ccccc3)s2)n(Cc2ccc(C)cc2)c1=O. The van der Waals surface area contributed by atoms with Crippen LogP contribution in [0.1, 0.15) is 16.7 Å². The molecule has 0 spiro atoms. The molecule has 0 amide bonds. The number of pyridine rings is 1. The summed E-state index contributed by atoms with van der Waals surface area (Å²) in [4.78, 5) is 17.4. The summed E-state index contributed by atoms with van der Waals surface area (Å²) >= 11 is 1.30. The Balaban J connectivity index is 1.92. The number of nitrogens with zero attached hydrogens (tertiary/aromatic N) is 2. The molecule has 2 heterocycles. The molecule has 0 fully saturated rings. The third-order valence-electron chi connectivity index (χ3n) is 5.07. The molecule has 7 heteroatoms. The highest BCUT2D eigenvalue weighted by molar-refractivity contribution is 7.18. The molecular formula is C25H17F3N2OS. The molecule has 0 aliphatic carbocycles. The van der Waals surface area contributed by atoms with Crippen molar-refractivity contribution in [1.29, 1.82) is 0 Å². The van der Waals surface area contributed by atoms with Crippen molar-refractivity contribution in [2.75, 3.05) is 0 Å². The first kappa shape index (κ1) is 21.6. The topological polar surface area (TPSA) is 26.4 Å². The van der Waals surface area contributed by atoms with Gasteiger partial charge < -0.3 is 4.57 Å². The number of aromatic nitrogens is 1. The Kier molecular flexibility index (Phi) is 5.72. The molecule has 0 unspecified atom stereocenters. The van der Waals surface area contributed by atoms with Crippen molar-refractivity contribution in [1.82, 2.24) is 4.57 Å². The van der Waals surface area contributed by atoms with Gasteiger partial charge in [0.05, 0.1) is 22.7 Å². The summed E-state index contributed by atoms with van der Waals surface area (Å²) < 4.78 is 42.3. The standard InChI is InChI=1S/C25H17F3N2OS/c1-16-8-10-17(11-9-16)15-30-20(14-19(25(26,27)28)23(29-2)24(30)31)22-13-12-21(32-22)18-6-4-3-5-7-18/h3-14H,15H2,1H3. The average molecular weight is 450 g/mol. The Hall–Kier alpha value is -3.63. The Morgan fingerprint density at radius 2 is 1.62 bits per heavy atom. The maximum absolute atomic E-state index is 13.7. The predicted molar refractivity (Wildman–Crippen MR) is 121 cm³/mol. The first-order valence-electron chi connectivity index (χ1n) is 9.71. The number of aryl methyl sites for hydroxylation is 1. The lowest BCUT2D eigenvalue weighted by molar-refractivity contribution is -0.136. The lowest BCUT2D eigenvalue weighted by Crippen LogP contribution is -2.25. The number of thiophene rings is 1. The lowest BCUT2D eigenvalue weighted by atomic mass is 10.1. The van der Waals surface area contributed by atoms with E-state index in [2.05, 4.69) is 4.85 Å². The molecule has 0 bridgehead atoms. The molecule has 0 radical (unpaired) electrons. The monoisotopic (exact) mass is 450 g/mol. The summed E-state index contributed by atoms with van der Waals surface area (Å²) in [5, 5.41) is 0. The fourth-order valence-electron chi connectivity index (χ4n) is 3.43. The Labute approximate surface area is 186 Å². The van der Waals surface area contributed by atoms with Crippen LogP contribution in [-0.4, -0.2) is 4.57 Å². The van der Waals surface area contributed by atoms with Crippen LogP contribution in [0.2, 0.25) is 0 Å². The second kappa shape index (κ2) is 8.48. The highest BCUT2D eigenvalue weighted by atomic mass is 32.1. The van der Waals surface area contributed by atoms with Crippen molar-refractivity contribution in [3.05, 3.63) is 111 Å². The first-order chi connectivity index (χ1) is 15.3. The number of hydrogen-bond acceptors (Lipinski definition) is 2. The van der Waals surface area contributed by atoms with E-state index in [9.17, 15) is 18.0 Å². The van der Waals surface area contributed by atoms with E-state index in [1.54, 1.807) is 6.07 Å². The minimum Gasteiger partial charge on any atom is -0.312 e. The summed E-state index contributed by atoms with van der Waals surface area (Å²) in [6, 6.07) is 21.3. The normalized spacial score (nSPS) is 11.3. The van der Waals surface area contributed by atoms with Crippen LogP contribution in [-0.2, 0) is 12.7 Å². The molecule has 0 N–H and O–H groups in total. The molecular weight excluding hydrogens is 433 g/mol. The summed E-state index contributed by atoms with van der Waals surface area (Å²) in [6.45, 7) is 9.20. The zero-order chi connectivity index (χ0) is 22.9. The molecule has 32 heavy (non-hydrogen) atoms. The molecule has 4 rings (SSSR count). The van der Waals surface area contributed by atoms with Gasteiger partial charge in [-0.15, -0.1) is 11.3 Å². The lowest BCUT2D eigenvalue weighted by Gasteiger charge is -2.17. The van der Waals surface area contributed by atoms with Crippen LogP contribution in [0.5, 0.6) is 0 Å². The number of alkyl halides is 3. The maximum atomic E-state index is 13.7. The van der Waals surface area contributed by atoms with Crippen LogP contribution in [0.4, 0.5) is 18.9 Å². The molecule has 3 nitrogen and oxygen atoms in total. The third kappa shape index (κ3) is 4.23. The largest absolute Gasteiger partial charge is 0.407 e. The molecule has 2 aromatic carbocycles. The van der Waals surface area contributed by atoms with Gasteiger partial charge in [-0.25, -0.2) is 4.85 Å². The minimum absolute atomic E-state index is 0.0632. The molecule has 4 aromatic rings. The van der Waals surface area contributed by atoms with E-state index in [-0.39, 0.29) is 12.2 Å². The molecule has 0 saturated heterocycles. The number of hydrogen-bond donors (Lipinski definition) is 0. The molecule has 160 valence electrons. The number of rotatable bonds is 4. The van der Waals surface area contributed by atoms with E-state index in [0.29, 0.717) is 4.88 Å². The quantitative estimate of drug-likeness (QED) is 0.303. The fourth-order valence-corrected chi connectivity index (χ4v) is 4.47. The Morgan fingerprint density at radius 3 is 2.25 bits per heavy atom. The van der Waals surface area contributed by atoms with E-state index < -0.39 is 23.0 Å². The molecule has 0 atom stereocenters. The molecule has 0 saturated carbocycles. The van der Waals surface area contributed by atoms with E-state index in [4.69, 9.17) is 6.57 Å². The van der Waals surface area contributed by atoms with Gasteiger partial charge in [0, 0.05) is 11.4 Å². The second-order valence-corrected chi connectivity index (χ2v) is 8.39. The Bertz CT molecular complexity index is 1360. The van der Waals surface area contributed by atoms with Gasteiger partial charge in [0.25, 0.3) is 11.2 Å². The maximum Gasteiger partial charge on any atom is 0.407 e. The molecule has 0 aliphatic rings. The Morgan fingerprint density at radius 1 is 0.969 bits per heavy atom. The first-order valence-corrected chi connectivity index (χ1v) is 10.5. The summed E-state index contributed by atoms with van der Waals surface area (Å²) in [7, 11) is 0. The number of benzene rings is 2. The summed E-state index contributed by atoms with van der Waals surface area (Å²) in [6.07, 6.45) is -4.81. The van der Waals surface area contributed by atoms with Crippen LogP contribution in [0.3, 0.4) is 0 Å². The minimum atomic E-state index is -4.81. The van der Waals surface area contributed by atoms with Crippen molar-refractivity contribution in [3.63, 3.8) is 0 Å². The van der Waals surface area contributed by atoms with Gasteiger partial charge in [0.2, 0.25) is 0 Å². The van der Waals surface area contributed by atoms with Gasteiger partial charge >= 0.3 is 6.18 Å². The van der Waals surface area contributed by atoms with Crippen molar-refractivity contribution < 1.29 is 13.2 Å². The van der Waals surface area contributed by atoms with Crippen molar-refractivity contribution in [2.24, 2.45) is 0 Å². The third-order valence-corrected chi connectivity index (χ3v) is 6.23. The highest BCUT2D eigenvalue weighted by Gasteiger charge is 2.36. The highest BCUT2D eigenvalue weighted by Crippen LogP contribution is 2.40. The van der Waals surface area contributed by atoms with Crippen LogP contribution in [0.15, 0.2) is 77.6 Å². The van der Waals surface area contributed by atoms with Gasteiger partial charge in [-0.1, -0.05) is 60.2 Å². The smallest absolute Gasteiger partial charge is 0.312 e. The average Bonchev–Trinajstić information content (AvgIpc) is 3.26. The van der Waals surface area contributed by atoms with Crippen LogP contribution >= 0.6 is 11.3 Å². The zero-order valence-corrected chi connectivity index (χ0v) is 17.8. The van der Waals surface area contributed by atoms with Crippen molar-refractivity contribution in [3.8, 4) is 21.0 Å². The number of halogens is 3. The van der Waals surface area contributed by atoms with E-state index in [1.807, 2.05) is 67.6 Å². The molecule has 0 aliphatic heterocycles. The van der Waals surface area contributed by atoms with E-state index in [0.717, 1.165) is 27.6 Å². The van der Waals surface area contributed by atoms with Crippen LogP contribution in [0, 0.1) is 13.5 Å². The fraction of sp³-hybridized carbons (Fsp3) is 0.120. The summed E-state index contributed by atoms with van der Waals surface area (Å²) in [5.74, 6) is 0. The van der Waals surface area contributed by atoms with Crippen molar-refractivity contribution in [2.45, 2.75) is 19.6 Å². The second-order valence-electron chi connectivity index (χ2n) is 7.31. The van der Waals surface area contributed by atoms with Gasteiger partial charge in [-0.05, 0) is 36.2 Å². The van der Waals surface area contributed by atoms with Gasteiger partial charge in [-0.2, -0.15) is 13.2 Å². The molecule has 2 aromatic heterocycles.